The third kappa shape index (κ3) is 5.00. The van der Waals surface area contributed by atoms with E-state index < -0.39 is 10.0 Å². The predicted octanol–water partition coefficient (Wildman–Crippen LogP) is 3.07. The number of nitrogens with one attached hydrogen (secondary N) is 1. The largest absolute Gasteiger partial charge is 0.379 e. The van der Waals surface area contributed by atoms with Crippen LogP contribution in [0.4, 0.5) is 5.69 Å². The van der Waals surface area contributed by atoms with Gasteiger partial charge in [0.15, 0.2) is 0 Å². The molecule has 1 saturated heterocycles. The standard InChI is InChI=1S/C23H27N5O3S/c1-17-14-26-28(16-17)22-10-9-20(32(24,30)31)13-21(22)25-15-18-5-7-19(8-6-18)23(29)27-11-3-2-4-12-27/h5-10,13-14,16,25H,2-4,11-12,15H2,1H3,(H2,24,30,31). The van der Waals surface area contributed by atoms with Crippen molar-refractivity contribution < 1.29 is 13.2 Å². The molecule has 1 amide bonds. The number of amides is 1. The highest BCUT2D eigenvalue weighted by Gasteiger charge is 2.18. The third-order valence-corrected chi connectivity index (χ3v) is 6.49. The van der Waals surface area contributed by atoms with Gasteiger partial charge in [0.2, 0.25) is 10.0 Å². The number of carbonyl (C=O) groups excluding carboxylic acids is 1. The van der Waals surface area contributed by atoms with Gasteiger partial charge in [0.25, 0.3) is 5.91 Å². The summed E-state index contributed by atoms with van der Waals surface area (Å²) in [7, 11) is -3.84. The summed E-state index contributed by atoms with van der Waals surface area (Å²) in [6.45, 7) is 4.01. The van der Waals surface area contributed by atoms with E-state index in [2.05, 4.69) is 10.4 Å². The fourth-order valence-corrected chi connectivity index (χ4v) is 4.36. The molecule has 4 rings (SSSR count). The van der Waals surface area contributed by atoms with Crippen molar-refractivity contribution >= 4 is 21.6 Å². The fourth-order valence-electron chi connectivity index (χ4n) is 3.82. The Morgan fingerprint density at radius 2 is 1.81 bits per heavy atom. The molecule has 1 aliphatic heterocycles. The monoisotopic (exact) mass is 453 g/mol. The second-order valence-corrected chi connectivity index (χ2v) is 9.65. The lowest BCUT2D eigenvalue weighted by Crippen LogP contribution is -2.35. The van der Waals surface area contributed by atoms with Gasteiger partial charge < -0.3 is 10.2 Å². The van der Waals surface area contributed by atoms with E-state index in [1.54, 1.807) is 16.9 Å². The zero-order valence-corrected chi connectivity index (χ0v) is 18.8. The lowest BCUT2D eigenvalue weighted by molar-refractivity contribution is 0.0724. The number of benzene rings is 2. The van der Waals surface area contributed by atoms with Crippen molar-refractivity contribution in [2.75, 3.05) is 18.4 Å². The summed E-state index contributed by atoms with van der Waals surface area (Å²) in [5.41, 5.74) is 3.93. The van der Waals surface area contributed by atoms with E-state index >= 15 is 0 Å². The van der Waals surface area contributed by atoms with Crippen LogP contribution in [0.5, 0.6) is 0 Å². The highest BCUT2D eigenvalue weighted by atomic mass is 32.2. The van der Waals surface area contributed by atoms with Gasteiger partial charge in [-0.3, -0.25) is 4.79 Å². The van der Waals surface area contributed by atoms with Crippen LogP contribution in [0.15, 0.2) is 59.8 Å². The molecular weight excluding hydrogens is 426 g/mol. The molecule has 0 unspecified atom stereocenters. The highest BCUT2D eigenvalue weighted by Crippen LogP contribution is 2.25. The van der Waals surface area contributed by atoms with Crippen molar-refractivity contribution in [1.82, 2.24) is 14.7 Å². The number of anilines is 1. The first-order valence-electron chi connectivity index (χ1n) is 10.6. The van der Waals surface area contributed by atoms with Gasteiger partial charge in [-0.2, -0.15) is 5.10 Å². The van der Waals surface area contributed by atoms with Crippen LogP contribution in [0.1, 0.15) is 40.7 Å². The minimum Gasteiger partial charge on any atom is -0.379 e. The van der Waals surface area contributed by atoms with Crippen molar-refractivity contribution in [2.45, 2.75) is 37.6 Å². The van der Waals surface area contributed by atoms with E-state index in [0.717, 1.165) is 37.1 Å². The predicted molar refractivity (Wildman–Crippen MR) is 123 cm³/mol. The second kappa shape index (κ2) is 9.13. The number of sulfonamides is 1. The first kappa shape index (κ1) is 22.0. The summed E-state index contributed by atoms with van der Waals surface area (Å²) in [4.78, 5) is 14.6. The highest BCUT2D eigenvalue weighted by molar-refractivity contribution is 7.89. The van der Waals surface area contributed by atoms with Crippen LogP contribution in [0.3, 0.4) is 0 Å². The molecule has 0 spiro atoms. The molecule has 0 bridgehead atoms. The third-order valence-electron chi connectivity index (χ3n) is 5.58. The maximum Gasteiger partial charge on any atom is 0.253 e. The molecule has 0 saturated carbocycles. The number of hydrogen-bond donors (Lipinski definition) is 2. The molecule has 9 heteroatoms. The molecule has 2 aromatic carbocycles. The maximum absolute atomic E-state index is 12.7. The van der Waals surface area contributed by atoms with Crippen molar-refractivity contribution in [1.29, 1.82) is 0 Å². The van der Waals surface area contributed by atoms with Crippen LogP contribution in [-0.2, 0) is 16.6 Å². The molecule has 3 aromatic rings. The van der Waals surface area contributed by atoms with Crippen LogP contribution in [0, 0.1) is 6.92 Å². The Kier molecular flexibility index (Phi) is 6.29. The molecule has 1 aliphatic rings. The van der Waals surface area contributed by atoms with Gasteiger partial charge in [0.05, 0.1) is 22.5 Å². The summed E-state index contributed by atoms with van der Waals surface area (Å²) >= 11 is 0. The number of piperidine rings is 1. The van der Waals surface area contributed by atoms with Gasteiger partial charge in [0.1, 0.15) is 0 Å². The number of hydrogen-bond acceptors (Lipinski definition) is 5. The van der Waals surface area contributed by atoms with E-state index in [0.29, 0.717) is 23.5 Å². The van der Waals surface area contributed by atoms with E-state index in [-0.39, 0.29) is 10.8 Å². The fraction of sp³-hybridized carbons (Fsp3) is 0.304. The van der Waals surface area contributed by atoms with Crippen LogP contribution in [0.25, 0.3) is 5.69 Å². The van der Waals surface area contributed by atoms with Crippen LogP contribution < -0.4 is 10.5 Å². The Labute approximate surface area is 188 Å². The van der Waals surface area contributed by atoms with Gasteiger partial charge in [-0.05, 0) is 67.6 Å². The van der Waals surface area contributed by atoms with Gasteiger partial charge in [-0.1, -0.05) is 12.1 Å². The zero-order valence-electron chi connectivity index (χ0n) is 18.0. The molecule has 168 valence electrons. The van der Waals surface area contributed by atoms with E-state index in [1.165, 1.54) is 18.6 Å². The summed E-state index contributed by atoms with van der Waals surface area (Å²) < 4.78 is 25.4. The summed E-state index contributed by atoms with van der Waals surface area (Å²) in [5.74, 6) is 0.0707. The molecule has 0 radical (unpaired) electrons. The molecule has 32 heavy (non-hydrogen) atoms. The Morgan fingerprint density at radius 3 is 2.44 bits per heavy atom. The number of aromatic nitrogens is 2. The Bertz CT molecular complexity index is 1210. The first-order valence-corrected chi connectivity index (χ1v) is 12.2. The molecular formula is C23H27N5O3S. The van der Waals surface area contributed by atoms with Crippen molar-refractivity contribution in [3.63, 3.8) is 0 Å². The Balaban J connectivity index is 1.53. The Morgan fingerprint density at radius 1 is 1.09 bits per heavy atom. The zero-order chi connectivity index (χ0) is 22.7. The minimum atomic E-state index is -3.84. The van der Waals surface area contributed by atoms with E-state index in [9.17, 15) is 13.2 Å². The number of rotatable bonds is 6. The molecule has 0 atom stereocenters. The second-order valence-electron chi connectivity index (χ2n) is 8.09. The Hall–Kier alpha value is -3.17. The van der Waals surface area contributed by atoms with Gasteiger partial charge in [0, 0.05) is 31.4 Å². The maximum atomic E-state index is 12.7. The van der Waals surface area contributed by atoms with Gasteiger partial charge in [-0.15, -0.1) is 0 Å². The molecule has 1 aromatic heterocycles. The van der Waals surface area contributed by atoms with E-state index in [1.807, 2.05) is 42.3 Å². The van der Waals surface area contributed by atoms with Crippen molar-refractivity contribution in [3.8, 4) is 5.69 Å². The number of nitrogens with zero attached hydrogens (tertiary/aromatic N) is 3. The number of primary sulfonamides is 1. The molecule has 8 nitrogen and oxygen atoms in total. The lowest BCUT2D eigenvalue weighted by Gasteiger charge is -2.26. The number of aryl methyl sites for hydroxylation is 1. The lowest BCUT2D eigenvalue weighted by atomic mass is 10.1. The topological polar surface area (TPSA) is 110 Å². The summed E-state index contributed by atoms with van der Waals surface area (Å²) in [5, 5.41) is 12.9. The molecule has 2 heterocycles. The van der Waals surface area contributed by atoms with Crippen LogP contribution in [-0.4, -0.2) is 42.1 Å². The average Bonchev–Trinajstić information content (AvgIpc) is 3.23. The summed E-state index contributed by atoms with van der Waals surface area (Å²) in [6.07, 6.45) is 6.89. The smallest absolute Gasteiger partial charge is 0.253 e. The van der Waals surface area contributed by atoms with Gasteiger partial charge in [-0.25, -0.2) is 18.2 Å². The minimum absolute atomic E-state index is 0.0232. The average molecular weight is 454 g/mol. The van der Waals surface area contributed by atoms with Crippen LogP contribution in [0.2, 0.25) is 0 Å². The normalized spacial score (nSPS) is 14.4. The van der Waals surface area contributed by atoms with Gasteiger partial charge >= 0.3 is 0 Å². The first-order chi connectivity index (χ1) is 15.3. The number of carbonyl (C=O) groups is 1. The molecule has 0 aliphatic carbocycles. The van der Waals surface area contributed by atoms with Crippen LogP contribution >= 0.6 is 0 Å². The number of likely N-dealkylation sites (tertiary alicyclic amines) is 1. The summed E-state index contributed by atoms with van der Waals surface area (Å²) in [6, 6.07) is 12.1. The quantitative estimate of drug-likeness (QED) is 0.596. The van der Waals surface area contributed by atoms with E-state index in [4.69, 9.17) is 5.14 Å². The van der Waals surface area contributed by atoms with Crippen molar-refractivity contribution in [2.24, 2.45) is 5.14 Å². The van der Waals surface area contributed by atoms with Crippen molar-refractivity contribution in [3.05, 3.63) is 71.5 Å². The SMILES string of the molecule is Cc1cnn(-c2ccc(S(N)(=O)=O)cc2NCc2ccc(C(=O)N3CCCCC3)cc2)c1. The molecule has 3 N–H and O–H groups in total. The number of nitrogens with two attached hydrogens (primary N) is 1. The molecule has 1 fully saturated rings.